The Kier molecular flexibility index (Phi) is 5.52. The highest BCUT2D eigenvalue weighted by Gasteiger charge is 2.20. The predicted molar refractivity (Wildman–Crippen MR) is 102 cm³/mol. The van der Waals surface area contributed by atoms with E-state index in [4.69, 9.17) is 0 Å². The van der Waals surface area contributed by atoms with Gasteiger partial charge in [0.1, 0.15) is 11.6 Å². The summed E-state index contributed by atoms with van der Waals surface area (Å²) in [6.45, 7) is 0.415. The molecule has 0 bridgehead atoms. The first-order chi connectivity index (χ1) is 12.8. The number of amides is 1. The molecule has 0 atom stereocenters. The van der Waals surface area contributed by atoms with E-state index in [9.17, 15) is 17.6 Å². The number of hydrogen-bond acceptors (Lipinski definition) is 6. The van der Waals surface area contributed by atoms with Crippen molar-refractivity contribution in [3.05, 3.63) is 76.4 Å². The summed E-state index contributed by atoms with van der Waals surface area (Å²) in [5, 5.41) is 3.26. The van der Waals surface area contributed by atoms with Gasteiger partial charge in [-0.2, -0.15) is 11.3 Å². The molecule has 27 heavy (non-hydrogen) atoms. The summed E-state index contributed by atoms with van der Waals surface area (Å²) in [7, 11) is -2.29. The Hall–Kier alpha value is -2.78. The number of anilines is 1. The van der Waals surface area contributed by atoms with Crippen molar-refractivity contribution < 1.29 is 17.6 Å². The summed E-state index contributed by atoms with van der Waals surface area (Å²) in [6, 6.07) is 10.3. The van der Waals surface area contributed by atoms with E-state index in [1.165, 1.54) is 41.8 Å². The number of nitrogens with one attached hydrogen (secondary N) is 1. The second kappa shape index (κ2) is 7.85. The monoisotopic (exact) mass is 405 g/mol. The third-order valence-corrected chi connectivity index (χ3v) is 5.77. The summed E-state index contributed by atoms with van der Waals surface area (Å²) in [6.07, 6.45) is 1.36. The second-order valence-electron chi connectivity index (χ2n) is 5.78. The molecule has 3 rings (SSSR count). The SMILES string of the molecule is CN(Cc1ccc(F)cc1)c1cc(S(=O)(=O)NC(=O)c2ccsc2)ccn1. The van der Waals surface area contributed by atoms with Gasteiger partial charge in [0.05, 0.1) is 10.5 Å². The van der Waals surface area contributed by atoms with Crippen molar-refractivity contribution >= 4 is 33.1 Å². The van der Waals surface area contributed by atoms with E-state index < -0.39 is 15.9 Å². The van der Waals surface area contributed by atoms with Gasteiger partial charge in [-0.15, -0.1) is 0 Å². The van der Waals surface area contributed by atoms with E-state index in [1.54, 1.807) is 40.9 Å². The smallest absolute Gasteiger partial charge is 0.265 e. The third kappa shape index (κ3) is 4.69. The van der Waals surface area contributed by atoms with Crippen LogP contribution in [0, 0.1) is 5.82 Å². The number of aromatic nitrogens is 1. The van der Waals surface area contributed by atoms with Gasteiger partial charge in [-0.3, -0.25) is 4.79 Å². The molecule has 0 saturated carbocycles. The van der Waals surface area contributed by atoms with Crippen molar-refractivity contribution in [3.63, 3.8) is 0 Å². The maximum atomic E-state index is 13.0. The lowest BCUT2D eigenvalue weighted by Crippen LogP contribution is -2.30. The first-order valence-electron chi connectivity index (χ1n) is 7.86. The number of benzene rings is 1. The van der Waals surface area contributed by atoms with Crippen LogP contribution in [-0.2, 0) is 16.6 Å². The molecule has 3 aromatic rings. The predicted octanol–water partition coefficient (Wildman–Crippen LogP) is 3.04. The molecular weight excluding hydrogens is 389 g/mol. The Morgan fingerprint density at radius 2 is 1.96 bits per heavy atom. The number of thiophene rings is 1. The van der Waals surface area contributed by atoms with Crippen molar-refractivity contribution in [2.75, 3.05) is 11.9 Å². The van der Waals surface area contributed by atoms with Crippen LogP contribution in [0.15, 0.2) is 64.3 Å². The molecule has 2 aromatic heterocycles. The molecule has 140 valence electrons. The van der Waals surface area contributed by atoms with Crippen LogP contribution in [0.2, 0.25) is 0 Å². The molecule has 6 nitrogen and oxygen atoms in total. The fourth-order valence-electron chi connectivity index (χ4n) is 2.35. The van der Waals surface area contributed by atoms with E-state index in [1.807, 2.05) is 4.72 Å². The average molecular weight is 405 g/mol. The van der Waals surface area contributed by atoms with Crippen LogP contribution in [0.3, 0.4) is 0 Å². The van der Waals surface area contributed by atoms with Gasteiger partial charge in [0.15, 0.2) is 0 Å². The third-order valence-electron chi connectivity index (χ3n) is 3.76. The highest BCUT2D eigenvalue weighted by Crippen LogP contribution is 2.18. The maximum Gasteiger partial charge on any atom is 0.265 e. The Balaban J connectivity index is 1.77. The Labute approximate surface area is 160 Å². The van der Waals surface area contributed by atoms with E-state index in [2.05, 4.69) is 4.98 Å². The molecule has 0 saturated heterocycles. The molecule has 0 unspecified atom stereocenters. The van der Waals surface area contributed by atoms with Gasteiger partial charge in [-0.1, -0.05) is 12.1 Å². The van der Waals surface area contributed by atoms with Gasteiger partial charge in [0, 0.05) is 31.2 Å². The molecule has 9 heteroatoms. The zero-order valence-electron chi connectivity index (χ0n) is 14.3. The van der Waals surface area contributed by atoms with Crippen LogP contribution in [0.4, 0.5) is 10.2 Å². The molecule has 0 aliphatic rings. The number of hydrogen-bond donors (Lipinski definition) is 1. The second-order valence-corrected chi connectivity index (χ2v) is 8.24. The largest absolute Gasteiger partial charge is 0.355 e. The van der Waals surface area contributed by atoms with Crippen LogP contribution in [-0.4, -0.2) is 26.4 Å². The fraction of sp³-hybridized carbons (Fsp3) is 0.111. The fourth-order valence-corrected chi connectivity index (χ4v) is 3.97. The maximum absolute atomic E-state index is 13.0. The molecule has 1 amide bonds. The number of carbonyl (C=O) groups is 1. The quantitative estimate of drug-likeness (QED) is 0.682. The number of sulfonamides is 1. The van der Waals surface area contributed by atoms with Crippen molar-refractivity contribution in [3.8, 4) is 0 Å². The molecule has 0 aliphatic carbocycles. The summed E-state index contributed by atoms with van der Waals surface area (Å²) < 4.78 is 40.0. The average Bonchev–Trinajstić information content (AvgIpc) is 3.18. The van der Waals surface area contributed by atoms with Crippen molar-refractivity contribution in [1.29, 1.82) is 0 Å². The van der Waals surface area contributed by atoms with E-state index in [0.717, 1.165) is 5.56 Å². The molecule has 0 aliphatic heterocycles. The topological polar surface area (TPSA) is 79.4 Å². The van der Waals surface area contributed by atoms with Gasteiger partial charge >= 0.3 is 0 Å². The lowest BCUT2D eigenvalue weighted by atomic mass is 10.2. The molecule has 0 spiro atoms. The number of carbonyl (C=O) groups excluding carboxylic acids is 1. The summed E-state index contributed by atoms with van der Waals surface area (Å²) >= 11 is 1.30. The van der Waals surface area contributed by atoms with Gasteiger partial charge < -0.3 is 4.90 Å². The van der Waals surface area contributed by atoms with Gasteiger partial charge in [-0.05, 0) is 35.2 Å². The zero-order valence-corrected chi connectivity index (χ0v) is 15.9. The van der Waals surface area contributed by atoms with E-state index in [-0.39, 0.29) is 16.3 Å². The lowest BCUT2D eigenvalue weighted by molar-refractivity contribution is 0.0982. The minimum Gasteiger partial charge on any atom is -0.355 e. The highest BCUT2D eigenvalue weighted by atomic mass is 32.2. The Morgan fingerprint density at radius 3 is 2.63 bits per heavy atom. The zero-order chi connectivity index (χ0) is 19.4. The summed E-state index contributed by atoms with van der Waals surface area (Å²) in [4.78, 5) is 17.9. The first kappa shape index (κ1) is 19.0. The molecule has 0 radical (unpaired) electrons. The number of rotatable bonds is 6. The first-order valence-corrected chi connectivity index (χ1v) is 10.3. The Bertz CT molecular complexity index is 1040. The van der Waals surface area contributed by atoms with Crippen LogP contribution in [0.25, 0.3) is 0 Å². The molecule has 1 aromatic carbocycles. The molecular formula is C18H16FN3O3S2. The Morgan fingerprint density at radius 1 is 1.22 bits per heavy atom. The minimum atomic E-state index is -4.03. The van der Waals surface area contributed by atoms with Gasteiger partial charge in [-0.25, -0.2) is 22.5 Å². The van der Waals surface area contributed by atoms with Crippen molar-refractivity contribution in [2.24, 2.45) is 0 Å². The van der Waals surface area contributed by atoms with E-state index in [0.29, 0.717) is 12.4 Å². The normalized spacial score (nSPS) is 11.2. The lowest BCUT2D eigenvalue weighted by Gasteiger charge is -2.19. The van der Waals surface area contributed by atoms with Crippen LogP contribution >= 0.6 is 11.3 Å². The number of pyridine rings is 1. The van der Waals surface area contributed by atoms with Gasteiger partial charge in [0.2, 0.25) is 0 Å². The molecule has 1 N–H and O–H groups in total. The van der Waals surface area contributed by atoms with Gasteiger partial charge in [0.25, 0.3) is 15.9 Å². The molecule has 2 heterocycles. The number of nitrogens with zero attached hydrogens (tertiary/aromatic N) is 2. The molecule has 0 fully saturated rings. The minimum absolute atomic E-state index is 0.0676. The van der Waals surface area contributed by atoms with Crippen molar-refractivity contribution in [2.45, 2.75) is 11.4 Å². The highest BCUT2D eigenvalue weighted by molar-refractivity contribution is 7.90. The van der Waals surface area contributed by atoms with Crippen LogP contribution < -0.4 is 9.62 Å². The summed E-state index contributed by atoms with van der Waals surface area (Å²) in [5.41, 5.74) is 1.13. The summed E-state index contributed by atoms with van der Waals surface area (Å²) in [5.74, 6) is -0.603. The number of halogens is 1. The van der Waals surface area contributed by atoms with Crippen LogP contribution in [0.1, 0.15) is 15.9 Å². The standard InChI is InChI=1S/C18H16FN3O3S2/c1-22(11-13-2-4-15(19)5-3-13)17-10-16(6-8-20-17)27(24,25)21-18(23)14-7-9-26-12-14/h2-10,12H,11H2,1H3,(H,21,23). The van der Waals surface area contributed by atoms with E-state index >= 15 is 0 Å². The van der Waals surface area contributed by atoms with Crippen molar-refractivity contribution in [1.82, 2.24) is 9.71 Å². The van der Waals surface area contributed by atoms with Crippen LogP contribution in [0.5, 0.6) is 0 Å².